The molecule has 2 fully saturated rings. The summed E-state index contributed by atoms with van der Waals surface area (Å²) < 4.78 is 13.3. The normalized spacial score (nSPS) is 45.7. The molecule has 2 saturated heterocycles. The zero-order chi connectivity index (χ0) is 11.3. The zero-order valence-electron chi connectivity index (χ0n) is 9.73. The lowest BCUT2D eigenvalue weighted by Gasteiger charge is -2.34. The topological polar surface area (TPSA) is 21.7 Å². The van der Waals surface area contributed by atoms with Crippen molar-refractivity contribution >= 4 is 22.6 Å². The van der Waals surface area contributed by atoms with Crippen molar-refractivity contribution in [3.63, 3.8) is 0 Å². The van der Waals surface area contributed by atoms with Gasteiger partial charge in [-0.15, -0.1) is 0 Å². The Morgan fingerprint density at radius 2 is 2.06 bits per heavy atom. The van der Waals surface area contributed by atoms with Crippen molar-refractivity contribution in [3.8, 4) is 0 Å². The molecule has 4 atom stereocenters. The molecule has 16 heavy (non-hydrogen) atoms. The molecule has 3 aliphatic heterocycles. The Morgan fingerprint density at radius 3 is 2.81 bits per heavy atom. The van der Waals surface area contributed by atoms with Crippen LogP contribution in [0, 0.1) is 0 Å². The number of nitrogens with zero attached hydrogens (tertiary/aromatic N) is 1. The minimum absolute atomic E-state index is 0.261. The molecular formula is C12H18INO2. The first-order valence-corrected chi connectivity index (χ1v) is 7.47. The van der Waals surface area contributed by atoms with E-state index in [0.717, 1.165) is 17.4 Å². The van der Waals surface area contributed by atoms with Gasteiger partial charge in [0.05, 0.1) is 0 Å². The number of rotatable bonds is 1. The van der Waals surface area contributed by atoms with Gasteiger partial charge < -0.3 is 9.47 Å². The van der Waals surface area contributed by atoms with Gasteiger partial charge in [-0.1, -0.05) is 34.7 Å². The van der Waals surface area contributed by atoms with Crippen LogP contribution in [0.1, 0.15) is 20.3 Å². The number of ether oxygens (including phenoxy) is 2. The number of alkyl halides is 1. The first-order valence-electron chi connectivity index (χ1n) is 5.95. The predicted molar refractivity (Wildman–Crippen MR) is 70.8 cm³/mol. The Morgan fingerprint density at radius 1 is 1.31 bits per heavy atom. The summed E-state index contributed by atoms with van der Waals surface area (Å²) in [6, 6.07) is 1.04. The quantitative estimate of drug-likeness (QED) is 0.415. The minimum Gasteiger partial charge on any atom is -0.343 e. The van der Waals surface area contributed by atoms with Crippen molar-refractivity contribution < 1.29 is 9.47 Å². The average molecular weight is 335 g/mol. The Kier molecular flexibility index (Phi) is 2.81. The molecule has 3 heterocycles. The molecule has 3 nitrogen and oxygen atoms in total. The van der Waals surface area contributed by atoms with E-state index in [1.807, 2.05) is 13.8 Å². The van der Waals surface area contributed by atoms with Crippen LogP contribution in [0.4, 0.5) is 0 Å². The molecular weight excluding hydrogens is 317 g/mol. The third-order valence-electron chi connectivity index (χ3n) is 3.79. The van der Waals surface area contributed by atoms with Crippen molar-refractivity contribution in [1.29, 1.82) is 0 Å². The average Bonchev–Trinajstić information content (AvgIpc) is 2.69. The summed E-state index contributed by atoms with van der Waals surface area (Å²) in [6.45, 7) is 5.11. The Bertz CT molecular complexity index is 318. The fraction of sp³-hybridized carbons (Fsp3) is 0.833. The van der Waals surface area contributed by atoms with Crippen LogP contribution in [-0.2, 0) is 9.47 Å². The van der Waals surface area contributed by atoms with E-state index < -0.39 is 5.79 Å². The van der Waals surface area contributed by atoms with Crippen LogP contribution in [-0.4, -0.2) is 46.0 Å². The van der Waals surface area contributed by atoms with E-state index in [4.69, 9.17) is 9.47 Å². The molecule has 0 N–H and O–H groups in total. The Hall–Kier alpha value is 0.350. The molecule has 0 spiro atoms. The smallest absolute Gasteiger partial charge is 0.163 e. The van der Waals surface area contributed by atoms with Crippen LogP contribution in [0.25, 0.3) is 0 Å². The highest BCUT2D eigenvalue weighted by Gasteiger charge is 2.56. The highest BCUT2D eigenvalue weighted by Crippen LogP contribution is 2.42. The van der Waals surface area contributed by atoms with Crippen LogP contribution in [0.5, 0.6) is 0 Å². The van der Waals surface area contributed by atoms with E-state index in [0.29, 0.717) is 12.1 Å². The van der Waals surface area contributed by atoms with Crippen molar-refractivity contribution in [2.24, 2.45) is 0 Å². The second-order valence-corrected chi connectivity index (χ2v) is 6.14. The summed E-state index contributed by atoms with van der Waals surface area (Å²) in [4.78, 5) is 2.55. The molecule has 0 radical (unpaired) electrons. The Labute approximate surface area is 110 Å². The molecule has 0 bridgehead atoms. The second-order valence-electron chi connectivity index (χ2n) is 5.26. The lowest BCUT2D eigenvalue weighted by Crippen LogP contribution is -2.44. The first-order chi connectivity index (χ1) is 7.62. The predicted octanol–water partition coefficient (Wildman–Crippen LogP) is 1.95. The summed E-state index contributed by atoms with van der Waals surface area (Å²) in [5.74, 6) is -0.396. The molecule has 0 aromatic heterocycles. The van der Waals surface area contributed by atoms with Gasteiger partial charge in [-0.05, 0) is 20.3 Å². The molecule has 0 aromatic rings. The summed E-state index contributed by atoms with van der Waals surface area (Å²) in [6.07, 6.45) is 6.18. The lowest BCUT2D eigenvalue weighted by molar-refractivity contribution is -0.166. The Balaban J connectivity index is 1.88. The van der Waals surface area contributed by atoms with E-state index in [1.54, 1.807) is 0 Å². The van der Waals surface area contributed by atoms with E-state index in [1.165, 1.54) is 0 Å². The summed E-state index contributed by atoms with van der Waals surface area (Å²) in [5.41, 5.74) is 0. The van der Waals surface area contributed by atoms with Crippen LogP contribution < -0.4 is 0 Å². The van der Waals surface area contributed by atoms with Crippen LogP contribution in [0.2, 0.25) is 0 Å². The van der Waals surface area contributed by atoms with Crippen LogP contribution in [0.15, 0.2) is 12.2 Å². The fourth-order valence-corrected chi connectivity index (χ4v) is 4.19. The lowest BCUT2D eigenvalue weighted by atomic mass is 10.0. The van der Waals surface area contributed by atoms with Crippen molar-refractivity contribution in [2.45, 2.75) is 50.3 Å². The van der Waals surface area contributed by atoms with Gasteiger partial charge in [-0.3, -0.25) is 4.90 Å². The summed E-state index contributed by atoms with van der Waals surface area (Å²) in [7, 11) is 0. The largest absolute Gasteiger partial charge is 0.343 e. The minimum atomic E-state index is -0.396. The third kappa shape index (κ3) is 1.65. The molecule has 0 aromatic carbocycles. The molecule has 0 amide bonds. The fourth-order valence-electron chi connectivity index (χ4n) is 3.18. The van der Waals surface area contributed by atoms with Crippen molar-refractivity contribution in [3.05, 3.63) is 12.2 Å². The highest BCUT2D eigenvalue weighted by atomic mass is 127. The van der Waals surface area contributed by atoms with Gasteiger partial charge in [0.15, 0.2) is 5.79 Å². The molecule has 4 heteroatoms. The maximum atomic E-state index is 6.07. The standard InChI is InChI=1S/C12H18INO2/c1-12(2)15-10-8-5-3-4-6-14(8)9(7-13)11(10)16-12/h3-4,8-11H,5-7H2,1-2H3/t8-,9-,10-,11+/m0/s1. The molecule has 3 aliphatic rings. The number of halogens is 1. The number of hydrogen-bond donors (Lipinski definition) is 0. The maximum Gasteiger partial charge on any atom is 0.163 e. The maximum absolute atomic E-state index is 6.07. The van der Waals surface area contributed by atoms with Gasteiger partial charge >= 0.3 is 0 Å². The van der Waals surface area contributed by atoms with E-state index >= 15 is 0 Å². The van der Waals surface area contributed by atoms with Crippen LogP contribution >= 0.6 is 22.6 Å². The highest BCUT2D eigenvalue weighted by molar-refractivity contribution is 14.1. The SMILES string of the molecule is CC1(C)O[C@@H]2[C@H](O1)[C@H](CI)N1CC=CC[C@@H]21. The molecule has 0 unspecified atom stereocenters. The van der Waals surface area contributed by atoms with Crippen molar-refractivity contribution in [1.82, 2.24) is 4.90 Å². The van der Waals surface area contributed by atoms with E-state index in [-0.39, 0.29) is 12.2 Å². The van der Waals surface area contributed by atoms with E-state index in [9.17, 15) is 0 Å². The molecule has 0 aliphatic carbocycles. The summed E-state index contributed by atoms with van der Waals surface area (Å²) >= 11 is 2.47. The van der Waals surface area contributed by atoms with Crippen LogP contribution in [0.3, 0.4) is 0 Å². The number of hydrogen-bond acceptors (Lipinski definition) is 3. The van der Waals surface area contributed by atoms with E-state index in [2.05, 4.69) is 39.6 Å². The second kappa shape index (κ2) is 3.93. The van der Waals surface area contributed by atoms with Gasteiger partial charge in [0.1, 0.15) is 12.2 Å². The molecule has 3 rings (SSSR count). The zero-order valence-corrected chi connectivity index (χ0v) is 11.9. The van der Waals surface area contributed by atoms with Crippen molar-refractivity contribution in [2.75, 3.05) is 11.0 Å². The summed E-state index contributed by atoms with van der Waals surface area (Å²) in [5, 5.41) is 0. The molecule has 0 saturated carbocycles. The van der Waals surface area contributed by atoms with Gasteiger partial charge in [0.25, 0.3) is 0 Å². The third-order valence-corrected chi connectivity index (χ3v) is 4.70. The number of fused-ring (bicyclic) bond motifs is 3. The van der Waals surface area contributed by atoms with Gasteiger partial charge in [0, 0.05) is 23.1 Å². The first kappa shape index (κ1) is 11.4. The van der Waals surface area contributed by atoms with Gasteiger partial charge in [-0.2, -0.15) is 0 Å². The van der Waals surface area contributed by atoms with Gasteiger partial charge in [-0.25, -0.2) is 0 Å². The van der Waals surface area contributed by atoms with Gasteiger partial charge in [0.2, 0.25) is 0 Å². The molecule has 90 valence electrons. The monoisotopic (exact) mass is 335 g/mol.